The van der Waals surface area contributed by atoms with E-state index in [-0.39, 0.29) is 28.9 Å². The van der Waals surface area contributed by atoms with E-state index < -0.39 is 35.2 Å². The van der Waals surface area contributed by atoms with Gasteiger partial charge in [-0.05, 0) is 31.2 Å². The minimum Gasteiger partial charge on any atom is -0.494 e. The zero-order valence-corrected chi connectivity index (χ0v) is 22.2. The molecule has 2 amide bonds. The fourth-order valence-corrected chi connectivity index (χ4v) is 5.20. The van der Waals surface area contributed by atoms with Crippen LogP contribution in [-0.2, 0) is 19.3 Å². The summed E-state index contributed by atoms with van der Waals surface area (Å²) >= 11 is 7.16. The molecule has 1 aliphatic rings. The Kier molecular flexibility index (Phi) is 7.14. The van der Waals surface area contributed by atoms with Crippen LogP contribution in [0.5, 0.6) is 5.75 Å². The van der Waals surface area contributed by atoms with Gasteiger partial charge in [0.1, 0.15) is 16.6 Å². The normalized spacial score (nSPS) is 12.8. The average Bonchev–Trinajstić information content (AvgIpc) is 3.46. The number of carbonyl (C=O) groups excluding carboxylic acids is 2. The van der Waals surface area contributed by atoms with E-state index in [9.17, 15) is 27.2 Å². The average molecular weight is 593 g/mol. The first-order chi connectivity index (χ1) is 18.9. The highest BCUT2D eigenvalue weighted by molar-refractivity contribution is 7.16. The number of ether oxygens (including phenoxy) is 1. The Bertz CT molecular complexity index is 1640. The SMILES string of the molecule is COc1cnc(Cl)cc1-c1cc(C)ncc1C(=O)Nc1nc2c(s1)CN(C(=O)c1nc(C(F)(F)F)ccc1F)C2. The number of amides is 2. The van der Waals surface area contributed by atoms with Crippen molar-refractivity contribution in [2.24, 2.45) is 0 Å². The number of alkyl halides is 3. The summed E-state index contributed by atoms with van der Waals surface area (Å²) in [6.45, 7) is 1.63. The molecule has 0 aromatic carbocycles. The van der Waals surface area contributed by atoms with Crippen LogP contribution in [0, 0.1) is 12.7 Å². The quantitative estimate of drug-likeness (QED) is 0.240. The van der Waals surface area contributed by atoms with Gasteiger partial charge in [-0.2, -0.15) is 13.2 Å². The highest BCUT2D eigenvalue weighted by Gasteiger charge is 2.36. The molecule has 15 heteroatoms. The zero-order valence-electron chi connectivity index (χ0n) is 20.6. The van der Waals surface area contributed by atoms with E-state index in [4.69, 9.17) is 16.3 Å². The van der Waals surface area contributed by atoms with Crippen LogP contribution in [0.1, 0.15) is 42.8 Å². The Morgan fingerprint density at radius 2 is 1.88 bits per heavy atom. The second kappa shape index (κ2) is 10.4. The highest BCUT2D eigenvalue weighted by atomic mass is 35.5. The molecular weight excluding hydrogens is 576 g/mol. The zero-order chi connectivity index (χ0) is 28.8. The minimum absolute atomic E-state index is 0.0386. The molecular formula is C25H17ClF4N6O3S. The molecule has 4 aromatic rings. The van der Waals surface area contributed by atoms with Crippen LogP contribution >= 0.6 is 22.9 Å². The maximum absolute atomic E-state index is 14.2. The number of hydrogen-bond donors (Lipinski definition) is 1. The molecule has 5 rings (SSSR count). The number of pyridine rings is 3. The largest absolute Gasteiger partial charge is 0.494 e. The molecule has 9 nitrogen and oxygen atoms in total. The molecule has 0 saturated carbocycles. The van der Waals surface area contributed by atoms with Crippen molar-refractivity contribution in [3.63, 3.8) is 0 Å². The third-order valence-corrected chi connectivity index (χ3v) is 7.13. The molecule has 5 heterocycles. The molecule has 1 aliphatic heterocycles. The van der Waals surface area contributed by atoms with Crippen LogP contribution in [0.3, 0.4) is 0 Å². The molecule has 0 spiro atoms. The molecule has 40 heavy (non-hydrogen) atoms. The van der Waals surface area contributed by atoms with E-state index in [0.29, 0.717) is 45.3 Å². The Morgan fingerprint density at radius 3 is 2.58 bits per heavy atom. The number of hydrogen-bond acceptors (Lipinski definition) is 8. The van der Waals surface area contributed by atoms with Crippen LogP contribution in [0.2, 0.25) is 5.15 Å². The van der Waals surface area contributed by atoms with Gasteiger partial charge in [-0.25, -0.2) is 19.3 Å². The standard InChI is InChI=1S/C25H17ClF4N6O3S/c1-11-5-12(13-6-20(26)32-8-17(13)39-2)14(7-31-11)22(37)35-24-33-16-9-36(10-18(16)40-24)23(38)21-15(27)3-4-19(34-21)25(28,29)30/h3-8H,9-10H2,1-2H3,(H,33,35,37). The van der Waals surface area contributed by atoms with Gasteiger partial charge in [0.25, 0.3) is 11.8 Å². The summed E-state index contributed by atoms with van der Waals surface area (Å²) in [5.41, 5.74) is 0.0176. The summed E-state index contributed by atoms with van der Waals surface area (Å²) < 4.78 is 58.6. The third kappa shape index (κ3) is 5.31. The van der Waals surface area contributed by atoms with Gasteiger partial charge in [0, 0.05) is 23.0 Å². The van der Waals surface area contributed by atoms with Crippen LogP contribution in [0.25, 0.3) is 11.1 Å². The Hall–Kier alpha value is -4.17. The number of thiazole rings is 1. The van der Waals surface area contributed by atoms with E-state index in [1.165, 1.54) is 19.5 Å². The van der Waals surface area contributed by atoms with E-state index in [1.807, 2.05) is 0 Å². The van der Waals surface area contributed by atoms with Crippen LogP contribution < -0.4 is 10.1 Å². The fourth-order valence-electron chi connectivity index (χ4n) is 4.06. The number of aromatic nitrogens is 4. The second-order valence-electron chi connectivity index (χ2n) is 8.61. The number of nitrogens with zero attached hydrogens (tertiary/aromatic N) is 5. The van der Waals surface area contributed by atoms with Gasteiger partial charge >= 0.3 is 6.18 Å². The number of fused-ring (bicyclic) bond motifs is 1. The number of aryl methyl sites for hydroxylation is 1. The number of carbonyl (C=O) groups is 2. The van der Waals surface area contributed by atoms with Crippen molar-refractivity contribution >= 4 is 39.9 Å². The minimum atomic E-state index is -4.83. The summed E-state index contributed by atoms with van der Waals surface area (Å²) in [4.78, 5) is 43.5. The predicted molar refractivity (Wildman–Crippen MR) is 137 cm³/mol. The first kappa shape index (κ1) is 27.4. The highest BCUT2D eigenvalue weighted by Crippen LogP contribution is 2.36. The lowest BCUT2D eigenvalue weighted by molar-refractivity contribution is -0.141. The predicted octanol–water partition coefficient (Wildman–Crippen LogP) is 5.53. The second-order valence-corrected chi connectivity index (χ2v) is 10.1. The lowest BCUT2D eigenvalue weighted by atomic mass is 10.0. The maximum Gasteiger partial charge on any atom is 0.433 e. The van der Waals surface area contributed by atoms with Crippen LogP contribution in [0.4, 0.5) is 22.7 Å². The van der Waals surface area contributed by atoms with Crippen molar-refractivity contribution in [3.05, 3.63) is 80.8 Å². The summed E-state index contributed by atoms with van der Waals surface area (Å²) in [5, 5.41) is 3.15. The maximum atomic E-state index is 14.2. The summed E-state index contributed by atoms with van der Waals surface area (Å²) in [6, 6.07) is 4.30. The number of rotatable bonds is 5. The van der Waals surface area contributed by atoms with E-state index in [1.54, 1.807) is 19.1 Å². The third-order valence-electron chi connectivity index (χ3n) is 5.93. The summed E-state index contributed by atoms with van der Waals surface area (Å²) in [6.07, 6.45) is -1.98. The molecule has 0 unspecified atom stereocenters. The van der Waals surface area contributed by atoms with Crippen molar-refractivity contribution < 1.29 is 31.9 Å². The number of methoxy groups -OCH3 is 1. The van der Waals surface area contributed by atoms with Gasteiger partial charge in [0.15, 0.2) is 16.6 Å². The van der Waals surface area contributed by atoms with Gasteiger partial charge in [0.05, 0.1) is 42.5 Å². The monoisotopic (exact) mass is 592 g/mol. The van der Waals surface area contributed by atoms with Gasteiger partial charge in [-0.15, -0.1) is 0 Å². The molecule has 0 aliphatic carbocycles. The lowest BCUT2D eigenvalue weighted by Crippen LogP contribution is -2.28. The molecule has 0 bridgehead atoms. The van der Waals surface area contributed by atoms with Gasteiger partial charge < -0.3 is 9.64 Å². The van der Waals surface area contributed by atoms with Crippen molar-refractivity contribution in [3.8, 4) is 16.9 Å². The molecule has 4 aromatic heterocycles. The fraction of sp³-hybridized carbons (Fsp3) is 0.200. The van der Waals surface area contributed by atoms with Crippen LogP contribution in [-0.4, -0.2) is 43.8 Å². The van der Waals surface area contributed by atoms with Gasteiger partial charge in [0.2, 0.25) is 0 Å². The molecule has 1 N–H and O–H groups in total. The lowest BCUT2D eigenvalue weighted by Gasteiger charge is -2.16. The van der Waals surface area contributed by atoms with Crippen molar-refractivity contribution in [2.75, 3.05) is 12.4 Å². The van der Waals surface area contributed by atoms with Crippen molar-refractivity contribution in [2.45, 2.75) is 26.2 Å². The van der Waals surface area contributed by atoms with E-state index >= 15 is 0 Å². The van der Waals surface area contributed by atoms with E-state index in [2.05, 4.69) is 25.3 Å². The van der Waals surface area contributed by atoms with Crippen molar-refractivity contribution in [1.29, 1.82) is 0 Å². The number of anilines is 1. The Labute approximate surface area is 232 Å². The summed E-state index contributed by atoms with van der Waals surface area (Å²) in [7, 11) is 1.46. The topological polar surface area (TPSA) is 110 Å². The number of nitrogens with one attached hydrogen (secondary N) is 1. The van der Waals surface area contributed by atoms with E-state index in [0.717, 1.165) is 16.2 Å². The summed E-state index contributed by atoms with van der Waals surface area (Å²) in [5.74, 6) is -2.29. The molecule has 0 saturated heterocycles. The Balaban J connectivity index is 1.35. The first-order valence-electron chi connectivity index (χ1n) is 11.4. The smallest absolute Gasteiger partial charge is 0.433 e. The van der Waals surface area contributed by atoms with Crippen molar-refractivity contribution in [1.82, 2.24) is 24.8 Å². The van der Waals surface area contributed by atoms with Gasteiger partial charge in [-0.3, -0.25) is 19.9 Å². The molecule has 0 radical (unpaired) electrons. The molecule has 206 valence electrons. The Morgan fingerprint density at radius 1 is 1.10 bits per heavy atom. The van der Waals surface area contributed by atoms with Gasteiger partial charge in [-0.1, -0.05) is 22.9 Å². The number of halogens is 5. The molecule has 0 atom stereocenters. The first-order valence-corrected chi connectivity index (χ1v) is 12.6. The van der Waals surface area contributed by atoms with Crippen LogP contribution in [0.15, 0.2) is 36.7 Å². The molecule has 0 fully saturated rings.